The van der Waals surface area contributed by atoms with Crippen LogP contribution in [0.25, 0.3) is 0 Å². The predicted octanol–water partition coefficient (Wildman–Crippen LogP) is -0.709. The molecule has 29 heavy (non-hydrogen) atoms. The zero-order chi connectivity index (χ0) is 22.5. The number of carbonyl (C=O) groups excluding carboxylic acids is 3. The summed E-state index contributed by atoms with van der Waals surface area (Å²) < 4.78 is 23.0. The summed E-state index contributed by atoms with van der Waals surface area (Å²) in [6.07, 6.45) is -1.14. The van der Waals surface area contributed by atoms with Crippen molar-refractivity contribution in [3.63, 3.8) is 0 Å². The van der Waals surface area contributed by atoms with Crippen LogP contribution in [0.3, 0.4) is 0 Å². The van der Waals surface area contributed by atoms with E-state index in [0.717, 1.165) is 0 Å². The summed E-state index contributed by atoms with van der Waals surface area (Å²) >= 11 is 0. The molecule has 1 heterocycles. The normalized spacial score (nSPS) is 20.8. The Morgan fingerprint density at radius 3 is 2.03 bits per heavy atom. The van der Waals surface area contributed by atoms with E-state index in [0.29, 0.717) is 0 Å². The van der Waals surface area contributed by atoms with E-state index in [4.69, 9.17) is 0 Å². The topological polar surface area (TPSA) is 124 Å². The van der Waals surface area contributed by atoms with Crippen molar-refractivity contribution >= 4 is 27.4 Å². The second-order valence-electron chi connectivity index (χ2n) is 8.45. The molecular formula is C19H35N3O6S. The number of Topliss-reactive ketones (excluding diaryl/α,β-unsaturated/α-hetero) is 1. The molecule has 1 aliphatic heterocycles. The summed E-state index contributed by atoms with van der Waals surface area (Å²) in [5.41, 5.74) is 0. The van der Waals surface area contributed by atoms with Crippen LogP contribution in [-0.2, 0) is 24.2 Å². The zero-order valence-corrected chi connectivity index (χ0v) is 19.0. The molecule has 2 amide bonds. The highest BCUT2D eigenvalue weighted by Crippen LogP contribution is 2.18. The van der Waals surface area contributed by atoms with Gasteiger partial charge in [0.25, 0.3) is 0 Å². The van der Waals surface area contributed by atoms with Gasteiger partial charge in [-0.15, -0.1) is 0 Å². The zero-order valence-electron chi connectivity index (χ0n) is 18.2. The van der Waals surface area contributed by atoms with Gasteiger partial charge in [0.1, 0.15) is 6.04 Å². The highest BCUT2D eigenvalue weighted by molar-refractivity contribution is 7.91. The third-order valence-corrected chi connectivity index (χ3v) is 6.94. The van der Waals surface area contributed by atoms with Gasteiger partial charge < -0.3 is 15.3 Å². The van der Waals surface area contributed by atoms with Crippen molar-refractivity contribution in [2.45, 2.75) is 52.3 Å². The Kier molecular flexibility index (Phi) is 9.23. The van der Waals surface area contributed by atoms with Gasteiger partial charge in [-0.1, -0.05) is 20.8 Å². The Morgan fingerprint density at radius 2 is 1.62 bits per heavy atom. The molecule has 1 aliphatic rings. The molecule has 10 heteroatoms. The van der Waals surface area contributed by atoms with Gasteiger partial charge in [-0.25, -0.2) is 8.42 Å². The molecule has 2 N–H and O–H groups in total. The van der Waals surface area contributed by atoms with E-state index in [1.807, 2.05) is 13.8 Å². The van der Waals surface area contributed by atoms with E-state index < -0.39 is 39.8 Å². The molecule has 0 unspecified atom stereocenters. The first kappa shape index (κ1) is 25.5. The van der Waals surface area contributed by atoms with E-state index in [2.05, 4.69) is 5.32 Å². The summed E-state index contributed by atoms with van der Waals surface area (Å²) in [6, 6.07) is -1.58. The van der Waals surface area contributed by atoms with Crippen LogP contribution in [-0.4, -0.2) is 97.8 Å². The molecule has 0 saturated carbocycles. The maximum absolute atomic E-state index is 12.8. The van der Waals surface area contributed by atoms with Crippen LogP contribution in [0.2, 0.25) is 0 Å². The van der Waals surface area contributed by atoms with Crippen LogP contribution in [0, 0.1) is 11.8 Å². The smallest absolute Gasteiger partial charge is 0.240 e. The molecule has 1 rings (SSSR count). The van der Waals surface area contributed by atoms with E-state index in [1.54, 1.807) is 25.9 Å². The molecule has 1 fully saturated rings. The molecular weight excluding hydrogens is 398 g/mol. The van der Waals surface area contributed by atoms with Crippen molar-refractivity contribution < 1.29 is 27.9 Å². The van der Waals surface area contributed by atoms with Gasteiger partial charge in [0.05, 0.1) is 23.7 Å². The van der Waals surface area contributed by atoms with E-state index in [9.17, 15) is 27.9 Å². The lowest BCUT2D eigenvalue weighted by Gasteiger charge is -2.34. The van der Waals surface area contributed by atoms with Crippen LogP contribution in [0.15, 0.2) is 0 Å². The standard InChI is InChI=1S/C19H35N3O6S/c1-12(2)16(14(4)23)20-19(26)17(21(5)6)18(25)13(3)11-15(24)22-7-9-29(27,28)10-8-22/h12-13,16-18,25H,7-11H2,1-6H3,(H,20,26)/t13-,16-,17-,18-/m1/s1. The van der Waals surface area contributed by atoms with Crippen molar-refractivity contribution in [1.29, 1.82) is 0 Å². The number of amides is 2. The van der Waals surface area contributed by atoms with Crippen LogP contribution in [0.1, 0.15) is 34.1 Å². The molecule has 0 aliphatic carbocycles. The van der Waals surface area contributed by atoms with Crippen molar-refractivity contribution in [2.24, 2.45) is 11.8 Å². The lowest BCUT2D eigenvalue weighted by atomic mass is 9.92. The number of sulfone groups is 1. The summed E-state index contributed by atoms with van der Waals surface area (Å²) in [4.78, 5) is 40.1. The van der Waals surface area contributed by atoms with Crippen molar-refractivity contribution in [3.05, 3.63) is 0 Å². The number of aliphatic hydroxyl groups is 1. The van der Waals surface area contributed by atoms with Crippen LogP contribution in [0.4, 0.5) is 0 Å². The Labute approximate surface area is 173 Å². The van der Waals surface area contributed by atoms with Crippen molar-refractivity contribution in [1.82, 2.24) is 15.1 Å². The van der Waals surface area contributed by atoms with E-state index >= 15 is 0 Å². The average Bonchev–Trinajstić information content (AvgIpc) is 2.58. The molecule has 0 bridgehead atoms. The van der Waals surface area contributed by atoms with Gasteiger partial charge in [-0.3, -0.25) is 19.3 Å². The second kappa shape index (κ2) is 10.5. The quantitative estimate of drug-likeness (QED) is 0.492. The second-order valence-corrected chi connectivity index (χ2v) is 10.8. The minimum absolute atomic E-state index is 0.000842. The molecule has 168 valence electrons. The number of likely N-dealkylation sites (N-methyl/N-ethyl adjacent to an activating group) is 1. The molecule has 0 aromatic rings. The predicted molar refractivity (Wildman–Crippen MR) is 110 cm³/mol. The Bertz CT molecular complexity index is 693. The Morgan fingerprint density at radius 1 is 1.10 bits per heavy atom. The first-order chi connectivity index (χ1) is 13.3. The van der Waals surface area contributed by atoms with E-state index in [1.165, 1.54) is 11.8 Å². The summed E-state index contributed by atoms with van der Waals surface area (Å²) in [5.74, 6) is -1.61. The van der Waals surface area contributed by atoms with Gasteiger partial charge in [0, 0.05) is 19.5 Å². The highest BCUT2D eigenvalue weighted by Gasteiger charge is 2.36. The number of nitrogens with one attached hydrogen (secondary N) is 1. The lowest BCUT2D eigenvalue weighted by Crippen LogP contribution is -2.57. The number of carbonyl (C=O) groups is 3. The average molecular weight is 434 g/mol. The van der Waals surface area contributed by atoms with Gasteiger partial charge in [0.15, 0.2) is 15.6 Å². The molecule has 0 aromatic heterocycles. The number of hydrogen-bond donors (Lipinski definition) is 2. The molecule has 0 radical (unpaired) electrons. The summed E-state index contributed by atoms with van der Waals surface area (Å²) in [7, 11) is 0.211. The number of nitrogens with zero attached hydrogens (tertiary/aromatic N) is 2. The van der Waals surface area contributed by atoms with Gasteiger partial charge in [-0.2, -0.15) is 0 Å². The molecule has 9 nitrogen and oxygen atoms in total. The minimum atomic E-state index is -3.09. The Hall–Kier alpha value is -1.52. The number of ketones is 1. The molecule has 1 saturated heterocycles. The van der Waals surface area contributed by atoms with Crippen molar-refractivity contribution in [3.8, 4) is 0 Å². The van der Waals surface area contributed by atoms with Crippen LogP contribution >= 0.6 is 0 Å². The molecule has 0 aromatic carbocycles. The molecule has 4 atom stereocenters. The summed E-state index contributed by atoms with van der Waals surface area (Å²) in [5, 5.41) is 13.5. The fourth-order valence-corrected chi connectivity index (χ4v) is 4.67. The minimum Gasteiger partial charge on any atom is -0.391 e. The highest BCUT2D eigenvalue weighted by atomic mass is 32.2. The summed E-state index contributed by atoms with van der Waals surface area (Å²) in [6.45, 7) is 7.04. The monoisotopic (exact) mass is 433 g/mol. The van der Waals surface area contributed by atoms with Crippen LogP contribution in [0.5, 0.6) is 0 Å². The Balaban J connectivity index is 2.79. The van der Waals surface area contributed by atoms with Gasteiger partial charge >= 0.3 is 0 Å². The molecule has 0 spiro atoms. The van der Waals surface area contributed by atoms with E-state index in [-0.39, 0.29) is 48.6 Å². The van der Waals surface area contributed by atoms with Gasteiger partial charge in [0.2, 0.25) is 11.8 Å². The largest absolute Gasteiger partial charge is 0.391 e. The SMILES string of the molecule is CC(=O)[C@H](NC(=O)[C@@H]([C@H](O)[C@H](C)CC(=O)N1CCS(=O)(=O)CC1)N(C)C)C(C)C. The lowest BCUT2D eigenvalue weighted by molar-refractivity contribution is -0.138. The first-order valence-corrected chi connectivity index (χ1v) is 11.7. The number of aliphatic hydroxyl groups excluding tert-OH is 1. The number of hydrogen-bond acceptors (Lipinski definition) is 7. The third-order valence-electron chi connectivity index (χ3n) is 5.33. The fraction of sp³-hybridized carbons (Fsp3) is 0.842. The van der Waals surface area contributed by atoms with Crippen molar-refractivity contribution in [2.75, 3.05) is 38.7 Å². The fourth-order valence-electron chi connectivity index (χ4n) is 3.47. The van der Waals surface area contributed by atoms with Gasteiger partial charge in [-0.05, 0) is 32.9 Å². The van der Waals surface area contributed by atoms with Crippen LogP contribution < -0.4 is 5.32 Å². The third kappa shape index (κ3) is 7.35. The first-order valence-electron chi connectivity index (χ1n) is 9.90. The maximum Gasteiger partial charge on any atom is 0.240 e. The number of rotatable bonds is 9. The maximum atomic E-state index is 12.8.